The van der Waals surface area contributed by atoms with E-state index < -0.39 is 20.5 Å². The lowest BCUT2D eigenvalue weighted by Gasteiger charge is -2.06. The second-order valence-corrected chi connectivity index (χ2v) is 7.47. The molecule has 0 saturated heterocycles. The number of rotatable bonds is 4. The van der Waals surface area contributed by atoms with Crippen molar-refractivity contribution in [2.75, 3.05) is 20.0 Å². The molecule has 3 atom stereocenters. The summed E-state index contributed by atoms with van der Waals surface area (Å²) in [6.07, 6.45) is 1.16. The van der Waals surface area contributed by atoms with Gasteiger partial charge in [-0.25, -0.2) is 8.42 Å². The van der Waals surface area contributed by atoms with Crippen LogP contribution in [0.2, 0.25) is 5.02 Å². The number of methoxy groups -OCH3 is 1. The first-order valence-electron chi connectivity index (χ1n) is 5.71. The van der Waals surface area contributed by atoms with Crippen molar-refractivity contribution in [1.82, 2.24) is 0 Å². The van der Waals surface area contributed by atoms with Gasteiger partial charge in [0.1, 0.15) is 5.41 Å². The van der Waals surface area contributed by atoms with E-state index in [0.717, 1.165) is 11.8 Å². The molecule has 1 aliphatic rings. The molecule has 1 aromatic carbocycles. The van der Waals surface area contributed by atoms with Crippen LogP contribution < -0.4 is 0 Å². The standard InChI is InChI=1S/C13H14ClNO3S/c1-18-8-13(7-15)11(12(13)19(2,16)17)9-3-5-10(14)6-4-9/h3-6,11-12H,8H2,1-2H3/t11-,12-,13+/m0/s1. The van der Waals surface area contributed by atoms with E-state index in [2.05, 4.69) is 6.07 Å². The fraction of sp³-hybridized carbons (Fsp3) is 0.462. The molecule has 0 unspecified atom stereocenters. The molecular weight excluding hydrogens is 286 g/mol. The lowest BCUT2D eigenvalue weighted by Crippen LogP contribution is -2.17. The second-order valence-electron chi connectivity index (χ2n) is 4.86. The van der Waals surface area contributed by atoms with E-state index in [9.17, 15) is 13.7 Å². The van der Waals surface area contributed by atoms with Crippen LogP contribution in [0.3, 0.4) is 0 Å². The van der Waals surface area contributed by atoms with Crippen LogP contribution in [-0.2, 0) is 14.6 Å². The zero-order chi connectivity index (χ0) is 14.3. The Kier molecular flexibility index (Phi) is 3.61. The summed E-state index contributed by atoms with van der Waals surface area (Å²) in [4.78, 5) is 0. The average molecular weight is 300 g/mol. The summed E-state index contributed by atoms with van der Waals surface area (Å²) < 4.78 is 28.8. The molecular formula is C13H14ClNO3S. The van der Waals surface area contributed by atoms with Crippen molar-refractivity contribution in [3.05, 3.63) is 34.9 Å². The Hall–Kier alpha value is -1.09. The van der Waals surface area contributed by atoms with Crippen molar-refractivity contribution in [2.24, 2.45) is 5.41 Å². The molecule has 0 N–H and O–H groups in total. The van der Waals surface area contributed by atoms with Crippen LogP contribution in [0.25, 0.3) is 0 Å². The highest BCUT2D eigenvalue weighted by Gasteiger charge is 2.71. The van der Waals surface area contributed by atoms with Gasteiger partial charge >= 0.3 is 0 Å². The summed E-state index contributed by atoms with van der Waals surface area (Å²) in [5.41, 5.74) is -0.186. The Bertz CT molecular complexity index is 620. The molecule has 1 saturated carbocycles. The molecule has 1 aromatic rings. The minimum atomic E-state index is -3.31. The van der Waals surface area contributed by atoms with Crippen molar-refractivity contribution in [2.45, 2.75) is 11.2 Å². The SMILES string of the molecule is COC[C@]1(C#N)[C@@H](c2ccc(Cl)cc2)[C@@H]1S(C)(=O)=O. The highest BCUT2D eigenvalue weighted by atomic mass is 35.5. The van der Waals surface area contributed by atoms with Crippen LogP contribution in [0.1, 0.15) is 11.5 Å². The Balaban J connectivity index is 2.44. The Labute approximate surface area is 117 Å². The minimum absolute atomic E-state index is 0.106. The van der Waals surface area contributed by atoms with Gasteiger partial charge in [0.25, 0.3) is 0 Å². The number of nitriles is 1. The number of benzene rings is 1. The first kappa shape index (κ1) is 14.3. The molecule has 0 heterocycles. The van der Waals surface area contributed by atoms with Gasteiger partial charge in [0.15, 0.2) is 9.84 Å². The molecule has 0 spiro atoms. The van der Waals surface area contributed by atoms with Crippen molar-refractivity contribution < 1.29 is 13.2 Å². The smallest absolute Gasteiger partial charge is 0.152 e. The van der Waals surface area contributed by atoms with Crippen LogP contribution in [0.4, 0.5) is 0 Å². The Morgan fingerprint density at radius 1 is 1.42 bits per heavy atom. The molecule has 0 radical (unpaired) electrons. The van der Waals surface area contributed by atoms with Crippen LogP contribution in [0, 0.1) is 16.7 Å². The van der Waals surface area contributed by atoms with Gasteiger partial charge in [-0.1, -0.05) is 23.7 Å². The summed E-state index contributed by atoms with van der Waals surface area (Å²) in [5.74, 6) is -0.357. The molecule has 0 amide bonds. The number of sulfone groups is 1. The highest BCUT2D eigenvalue weighted by molar-refractivity contribution is 7.91. The van der Waals surface area contributed by atoms with E-state index >= 15 is 0 Å². The monoisotopic (exact) mass is 299 g/mol. The number of halogens is 1. The van der Waals surface area contributed by atoms with Crippen LogP contribution in [0.15, 0.2) is 24.3 Å². The van der Waals surface area contributed by atoms with Crippen molar-refractivity contribution in [3.8, 4) is 6.07 Å². The summed E-state index contributed by atoms with van der Waals surface area (Å²) in [6.45, 7) is 0.106. The van der Waals surface area contributed by atoms with Gasteiger partial charge in [-0.3, -0.25) is 0 Å². The summed E-state index contributed by atoms with van der Waals surface area (Å²) in [5, 5.41) is 9.25. The number of hydrogen-bond donors (Lipinski definition) is 0. The van der Waals surface area contributed by atoms with Crippen LogP contribution in [0.5, 0.6) is 0 Å². The molecule has 0 aromatic heterocycles. The largest absolute Gasteiger partial charge is 0.383 e. The Morgan fingerprint density at radius 2 is 2.00 bits per heavy atom. The summed E-state index contributed by atoms with van der Waals surface area (Å²) >= 11 is 5.82. The molecule has 1 aliphatic carbocycles. The molecule has 102 valence electrons. The van der Waals surface area contributed by atoms with E-state index in [-0.39, 0.29) is 12.5 Å². The maximum atomic E-state index is 11.9. The van der Waals surface area contributed by atoms with Gasteiger partial charge in [0, 0.05) is 24.3 Å². The zero-order valence-corrected chi connectivity index (χ0v) is 12.2. The first-order chi connectivity index (χ1) is 8.86. The van der Waals surface area contributed by atoms with Crippen molar-refractivity contribution in [1.29, 1.82) is 5.26 Å². The van der Waals surface area contributed by atoms with Gasteiger partial charge in [-0.05, 0) is 17.7 Å². The molecule has 19 heavy (non-hydrogen) atoms. The van der Waals surface area contributed by atoms with Crippen molar-refractivity contribution >= 4 is 21.4 Å². The van der Waals surface area contributed by atoms with E-state index in [1.54, 1.807) is 24.3 Å². The second kappa shape index (κ2) is 4.78. The first-order valence-corrected chi connectivity index (χ1v) is 8.04. The summed E-state index contributed by atoms with van der Waals surface area (Å²) in [6, 6.07) is 9.06. The number of ether oxygens (including phenoxy) is 1. The highest BCUT2D eigenvalue weighted by Crippen LogP contribution is 2.62. The molecule has 1 fully saturated rings. The van der Waals surface area contributed by atoms with Crippen LogP contribution >= 0.6 is 11.6 Å². The van der Waals surface area contributed by atoms with Gasteiger partial charge in [-0.2, -0.15) is 5.26 Å². The van der Waals surface area contributed by atoms with Gasteiger partial charge in [-0.15, -0.1) is 0 Å². The van der Waals surface area contributed by atoms with E-state index in [1.807, 2.05) is 0 Å². The lowest BCUT2D eigenvalue weighted by atomic mass is 10.0. The molecule has 2 rings (SSSR count). The quantitative estimate of drug-likeness (QED) is 0.853. The molecule has 6 heteroatoms. The lowest BCUT2D eigenvalue weighted by molar-refractivity contribution is 0.162. The predicted octanol–water partition coefficient (Wildman–Crippen LogP) is 2.01. The van der Waals surface area contributed by atoms with Gasteiger partial charge in [0.2, 0.25) is 0 Å². The minimum Gasteiger partial charge on any atom is -0.383 e. The number of hydrogen-bond acceptors (Lipinski definition) is 4. The fourth-order valence-electron chi connectivity index (χ4n) is 2.75. The average Bonchev–Trinajstić information content (AvgIpc) is 3.00. The number of nitrogens with zero attached hydrogens (tertiary/aromatic N) is 1. The third kappa shape index (κ3) is 2.36. The topological polar surface area (TPSA) is 67.2 Å². The summed E-state index contributed by atoms with van der Waals surface area (Å²) in [7, 11) is -1.85. The Morgan fingerprint density at radius 3 is 2.42 bits per heavy atom. The van der Waals surface area contributed by atoms with E-state index in [0.29, 0.717) is 5.02 Å². The normalized spacial score (nSPS) is 29.8. The third-order valence-corrected chi connectivity index (χ3v) is 5.41. The van der Waals surface area contributed by atoms with E-state index in [1.165, 1.54) is 7.11 Å². The maximum Gasteiger partial charge on any atom is 0.152 e. The maximum absolute atomic E-state index is 11.9. The van der Waals surface area contributed by atoms with Gasteiger partial charge < -0.3 is 4.74 Å². The zero-order valence-electron chi connectivity index (χ0n) is 10.6. The van der Waals surface area contributed by atoms with Crippen LogP contribution in [-0.4, -0.2) is 33.6 Å². The predicted molar refractivity (Wildman–Crippen MR) is 72.7 cm³/mol. The van der Waals surface area contributed by atoms with E-state index in [4.69, 9.17) is 16.3 Å². The fourth-order valence-corrected chi connectivity index (χ4v) is 4.73. The molecule has 4 nitrogen and oxygen atoms in total. The third-order valence-electron chi connectivity index (χ3n) is 3.54. The molecule has 0 aliphatic heterocycles. The molecule has 0 bridgehead atoms. The van der Waals surface area contributed by atoms with Gasteiger partial charge in [0.05, 0.1) is 17.9 Å². The van der Waals surface area contributed by atoms with Crippen molar-refractivity contribution in [3.63, 3.8) is 0 Å².